The zero-order chi connectivity index (χ0) is 40.2. The third-order valence-electron chi connectivity index (χ3n) is 11.9. The number of hydrogen-bond donors (Lipinski definition) is 2. The highest BCUT2D eigenvalue weighted by molar-refractivity contribution is 6.74. The fourth-order valence-electron chi connectivity index (χ4n) is 8.18. The van der Waals surface area contributed by atoms with E-state index in [0.717, 1.165) is 11.1 Å². The molecule has 0 saturated carbocycles. The average molecular weight is 781 g/mol. The van der Waals surface area contributed by atoms with Gasteiger partial charge in [-0.1, -0.05) is 93.6 Å². The minimum atomic E-state index is -2.95. The number of aliphatic hydroxyl groups excluding tert-OH is 2. The molecule has 294 valence electrons. The first-order valence-corrected chi connectivity index (χ1v) is 21.9. The number of carbonyl (C=O) groups is 2. The molecule has 3 aliphatic rings. The first kappa shape index (κ1) is 39.4. The van der Waals surface area contributed by atoms with Crippen molar-refractivity contribution in [2.45, 2.75) is 76.6 Å². The van der Waals surface area contributed by atoms with Crippen molar-refractivity contribution in [2.75, 3.05) is 20.7 Å². The molecule has 0 unspecified atom stereocenters. The second-order valence-corrected chi connectivity index (χ2v) is 21.4. The molecular formula is C44H49FN2O8Si. The minimum absolute atomic E-state index is 0.00257. The van der Waals surface area contributed by atoms with Crippen molar-refractivity contribution < 1.29 is 42.6 Å². The molecule has 0 aliphatic heterocycles. The summed E-state index contributed by atoms with van der Waals surface area (Å²) < 4.78 is 42.0. The summed E-state index contributed by atoms with van der Waals surface area (Å²) in [6.45, 7) is 9.99. The number of carbonyl (C=O) groups excluding carboxylic acids is 2. The largest absolute Gasteiger partial charge is 0.508 e. The number of fused-ring (bicyclic) bond motifs is 4. The third kappa shape index (κ3) is 6.61. The molecule has 3 aromatic carbocycles. The van der Waals surface area contributed by atoms with Crippen molar-refractivity contribution in [3.05, 3.63) is 129 Å². The Balaban J connectivity index is 1.43. The van der Waals surface area contributed by atoms with Gasteiger partial charge in [0.2, 0.25) is 5.78 Å². The SMILES string of the molecule is CN(C)[C@@H]1c2onc(OCc3ccccc3)c2C(=O)[C@@]2(O[Si](C)(C)C(C)(C)C)C(O)=C3C(=O)c4c(c(F)cc(/C=C/CO)c4OCc4ccccc4)C[C@H]3C[C@@H]12. The van der Waals surface area contributed by atoms with Gasteiger partial charge in [-0.2, -0.15) is 0 Å². The fourth-order valence-corrected chi connectivity index (χ4v) is 9.63. The lowest BCUT2D eigenvalue weighted by Gasteiger charge is -2.55. The van der Waals surface area contributed by atoms with Gasteiger partial charge in [-0.05, 0) is 73.3 Å². The van der Waals surface area contributed by atoms with Gasteiger partial charge in [0.05, 0.1) is 18.2 Å². The molecule has 12 heteroatoms. The molecule has 3 aliphatic carbocycles. The Morgan fingerprint density at radius 2 is 1.62 bits per heavy atom. The van der Waals surface area contributed by atoms with Crippen molar-refractivity contribution in [3.8, 4) is 11.6 Å². The standard InChI is InChI=1S/C44H49FN2O8Si/c1-43(2,3)56(6,7)55-44-31(36(47(4)5)39-35(41(44)51)42(46-54-39)53-25-27-17-12-9-13-18-27)22-29-21-30-32(45)23-28(19-14-20-48)38(34(30)37(49)33(29)40(44)50)52-24-26-15-10-8-11-16-26/h8-19,23,29,31,36,48,50H,20-22,24-25H2,1-7H3/b19-14+/t29-,31-,36-,44-/m0/s1. The Kier molecular flexibility index (Phi) is 10.5. The quantitative estimate of drug-likeness (QED) is 0.143. The first-order chi connectivity index (χ1) is 26.6. The van der Waals surface area contributed by atoms with E-state index in [2.05, 4.69) is 5.16 Å². The van der Waals surface area contributed by atoms with Crippen LogP contribution in [0.25, 0.3) is 6.08 Å². The molecule has 56 heavy (non-hydrogen) atoms. The van der Waals surface area contributed by atoms with Crippen LogP contribution in [0.2, 0.25) is 18.1 Å². The van der Waals surface area contributed by atoms with Crippen LogP contribution in [0.5, 0.6) is 11.6 Å². The number of allylic oxidation sites excluding steroid dienone is 1. The van der Waals surface area contributed by atoms with E-state index in [0.29, 0.717) is 0 Å². The summed E-state index contributed by atoms with van der Waals surface area (Å²) in [5, 5.41) is 26.4. The molecule has 1 heterocycles. The Bertz CT molecular complexity index is 2210. The number of ketones is 2. The lowest BCUT2D eigenvalue weighted by atomic mass is 9.58. The number of benzene rings is 3. The minimum Gasteiger partial charge on any atom is -0.508 e. The van der Waals surface area contributed by atoms with Crippen molar-refractivity contribution in [1.29, 1.82) is 0 Å². The van der Waals surface area contributed by atoms with Crippen LogP contribution < -0.4 is 9.47 Å². The van der Waals surface area contributed by atoms with Gasteiger partial charge < -0.3 is 28.6 Å². The number of ether oxygens (including phenoxy) is 2. The maximum atomic E-state index is 16.3. The van der Waals surface area contributed by atoms with Gasteiger partial charge >= 0.3 is 0 Å². The van der Waals surface area contributed by atoms with Crippen molar-refractivity contribution in [2.24, 2.45) is 11.8 Å². The molecule has 7 rings (SSSR count). The molecular weight excluding hydrogens is 732 g/mol. The number of aliphatic hydroxyl groups is 2. The van der Waals surface area contributed by atoms with Crippen LogP contribution in [0.4, 0.5) is 4.39 Å². The zero-order valence-corrected chi connectivity index (χ0v) is 33.9. The lowest BCUT2D eigenvalue weighted by Crippen LogP contribution is -2.65. The maximum Gasteiger partial charge on any atom is 0.265 e. The number of hydrogen-bond acceptors (Lipinski definition) is 10. The van der Waals surface area contributed by atoms with E-state index in [1.165, 1.54) is 18.2 Å². The predicted molar refractivity (Wildman–Crippen MR) is 212 cm³/mol. The van der Waals surface area contributed by atoms with E-state index in [4.69, 9.17) is 18.4 Å². The molecule has 0 bridgehead atoms. The molecule has 1 aromatic heterocycles. The summed E-state index contributed by atoms with van der Waals surface area (Å²) in [4.78, 5) is 32.5. The topological polar surface area (TPSA) is 132 Å². The van der Waals surface area contributed by atoms with E-state index in [-0.39, 0.29) is 77.9 Å². The summed E-state index contributed by atoms with van der Waals surface area (Å²) in [7, 11) is 0.756. The van der Waals surface area contributed by atoms with Gasteiger partial charge in [0.15, 0.2) is 25.5 Å². The van der Waals surface area contributed by atoms with E-state index >= 15 is 14.0 Å². The summed E-state index contributed by atoms with van der Waals surface area (Å²) in [5.74, 6) is -3.38. The second-order valence-electron chi connectivity index (χ2n) is 16.7. The molecule has 0 amide bonds. The lowest BCUT2D eigenvalue weighted by molar-refractivity contribution is -0.0481. The smallest absolute Gasteiger partial charge is 0.265 e. The van der Waals surface area contributed by atoms with Crippen LogP contribution in [0.3, 0.4) is 0 Å². The number of nitrogens with zero attached hydrogens (tertiary/aromatic N) is 2. The van der Waals surface area contributed by atoms with Crippen LogP contribution in [-0.4, -0.2) is 66.5 Å². The molecule has 0 spiro atoms. The average Bonchev–Trinajstić information content (AvgIpc) is 3.57. The van der Waals surface area contributed by atoms with Crippen LogP contribution in [0.1, 0.15) is 82.0 Å². The summed E-state index contributed by atoms with van der Waals surface area (Å²) in [6.07, 6.45) is 3.20. The van der Waals surface area contributed by atoms with E-state index in [1.807, 2.05) is 114 Å². The number of halogens is 1. The molecule has 0 radical (unpaired) electrons. The first-order valence-electron chi connectivity index (χ1n) is 19.0. The Morgan fingerprint density at radius 1 is 1.00 bits per heavy atom. The van der Waals surface area contributed by atoms with Crippen LogP contribution >= 0.6 is 0 Å². The Labute approximate surface area is 327 Å². The van der Waals surface area contributed by atoms with Gasteiger partial charge in [-0.15, -0.1) is 0 Å². The monoisotopic (exact) mass is 780 g/mol. The number of aromatic nitrogens is 1. The van der Waals surface area contributed by atoms with Gasteiger partial charge in [0.25, 0.3) is 5.88 Å². The van der Waals surface area contributed by atoms with Crippen LogP contribution in [-0.2, 0) is 24.1 Å². The van der Waals surface area contributed by atoms with Crippen LogP contribution in [0, 0.1) is 17.7 Å². The van der Waals surface area contributed by atoms with Gasteiger partial charge in [0.1, 0.15) is 36.1 Å². The highest BCUT2D eigenvalue weighted by Crippen LogP contribution is 2.60. The van der Waals surface area contributed by atoms with Gasteiger partial charge in [-0.25, -0.2) is 4.39 Å². The van der Waals surface area contributed by atoms with E-state index in [1.54, 1.807) is 0 Å². The van der Waals surface area contributed by atoms with Crippen molar-refractivity contribution in [3.63, 3.8) is 0 Å². The number of Topliss-reactive ketones (excluding diaryl/α,β-unsaturated/α-hetero) is 2. The van der Waals surface area contributed by atoms with Gasteiger partial charge in [0, 0.05) is 22.6 Å². The number of rotatable bonds is 11. The Hall–Kier alpha value is -4.88. The van der Waals surface area contributed by atoms with E-state index < -0.39 is 60.0 Å². The molecule has 4 aromatic rings. The van der Waals surface area contributed by atoms with E-state index in [9.17, 15) is 10.2 Å². The van der Waals surface area contributed by atoms with Crippen LogP contribution in [0.15, 0.2) is 88.7 Å². The zero-order valence-electron chi connectivity index (χ0n) is 32.9. The molecule has 2 N–H and O–H groups in total. The molecule has 4 atom stereocenters. The normalized spacial score (nSPS) is 22.2. The predicted octanol–water partition coefficient (Wildman–Crippen LogP) is 8.42. The highest BCUT2D eigenvalue weighted by atomic mass is 28.4. The summed E-state index contributed by atoms with van der Waals surface area (Å²) >= 11 is 0. The molecule has 0 saturated heterocycles. The Morgan fingerprint density at radius 3 is 2.21 bits per heavy atom. The molecule has 10 nitrogen and oxygen atoms in total. The maximum absolute atomic E-state index is 16.3. The third-order valence-corrected chi connectivity index (χ3v) is 16.3. The fraction of sp³-hybridized carbons (Fsp3) is 0.386. The second kappa shape index (κ2) is 14.9. The molecule has 0 fully saturated rings. The van der Waals surface area contributed by atoms with Gasteiger partial charge in [-0.3, -0.25) is 14.5 Å². The van der Waals surface area contributed by atoms with Crippen molar-refractivity contribution >= 4 is 26.0 Å². The van der Waals surface area contributed by atoms with Crippen molar-refractivity contribution in [1.82, 2.24) is 10.1 Å². The highest BCUT2D eigenvalue weighted by Gasteiger charge is 2.67. The summed E-state index contributed by atoms with van der Waals surface area (Å²) in [5.41, 5.74) is 0.0969. The summed E-state index contributed by atoms with van der Waals surface area (Å²) in [6, 6.07) is 19.5.